The minimum atomic E-state index is -0.154. The maximum atomic E-state index is 11.8. The van der Waals surface area contributed by atoms with Gasteiger partial charge in [0.15, 0.2) is 5.82 Å². The van der Waals surface area contributed by atoms with E-state index in [2.05, 4.69) is 36.4 Å². The van der Waals surface area contributed by atoms with E-state index in [0.29, 0.717) is 34.8 Å². The molecular formula is C11H11BrN4O2. The number of aryl methyl sites for hydroxylation is 1. The minimum absolute atomic E-state index is 0.154. The lowest BCUT2D eigenvalue weighted by molar-refractivity contribution is 0.0953. The van der Waals surface area contributed by atoms with Crippen LogP contribution in [0.3, 0.4) is 0 Å². The Labute approximate surface area is 112 Å². The van der Waals surface area contributed by atoms with E-state index in [1.165, 1.54) is 0 Å². The Morgan fingerprint density at radius 1 is 1.56 bits per heavy atom. The maximum absolute atomic E-state index is 11.8. The lowest BCUT2D eigenvalue weighted by atomic mass is 10.2. The summed E-state index contributed by atoms with van der Waals surface area (Å²) < 4.78 is 5.46. The van der Waals surface area contributed by atoms with E-state index in [1.54, 1.807) is 25.3 Å². The topological polar surface area (TPSA) is 80.9 Å². The van der Waals surface area contributed by atoms with Crippen LogP contribution in [0.15, 0.2) is 27.5 Å². The zero-order valence-corrected chi connectivity index (χ0v) is 11.3. The molecule has 1 N–H and O–H groups in total. The van der Waals surface area contributed by atoms with Gasteiger partial charge in [-0.15, -0.1) is 0 Å². The zero-order valence-electron chi connectivity index (χ0n) is 9.68. The number of pyridine rings is 1. The molecule has 0 aromatic carbocycles. The molecule has 18 heavy (non-hydrogen) atoms. The van der Waals surface area contributed by atoms with E-state index in [-0.39, 0.29) is 5.91 Å². The third-order valence-corrected chi connectivity index (χ3v) is 2.63. The third-order valence-electron chi connectivity index (χ3n) is 2.19. The summed E-state index contributed by atoms with van der Waals surface area (Å²) in [5.74, 6) is 0.955. The molecule has 2 rings (SSSR count). The summed E-state index contributed by atoms with van der Waals surface area (Å²) >= 11 is 3.21. The molecule has 2 aromatic heterocycles. The molecular weight excluding hydrogens is 300 g/mol. The highest BCUT2D eigenvalue weighted by molar-refractivity contribution is 9.10. The number of amides is 1. The molecule has 2 heterocycles. The molecule has 0 bridgehead atoms. The Morgan fingerprint density at radius 3 is 3.06 bits per heavy atom. The highest BCUT2D eigenvalue weighted by Gasteiger charge is 2.07. The number of nitrogens with zero attached hydrogens (tertiary/aromatic N) is 3. The first-order chi connectivity index (χ1) is 8.65. The van der Waals surface area contributed by atoms with E-state index in [9.17, 15) is 4.79 Å². The van der Waals surface area contributed by atoms with Crippen LogP contribution in [0.2, 0.25) is 0 Å². The van der Waals surface area contributed by atoms with Crippen LogP contribution in [0, 0.1) is 6.92 Å². The van der Waals surface area contributed by atoms with Crippen molar-refractivity contribution < 1.29 is 9.32 Å². The lowest BCUT2D eigenvalue weighted by Crippen LogP contribution is -2.26. The van der Waals surface area contributed by atoms with Gasteiger partial charge in [0.25, 0.3) is 5.91 Å². The van der Waals surface area contributed by atoms with E-state index in [0.717, 1.165) is 0 Å². The number of hydrogen-bond acceptors (Lipinski definition) is 5. The van der Waals surface area contributed by atoms with Crippen molar-refractivity contribution in [3.8, 4) is 0 Å². The second-order valence-corrected chi connectivity index (χ2v) is 4.42. The molecule has 0 spiro atoms. The van der Waals surface area contributed by atoms with Gasteiger partial charge in [0.1, 0.15) is 4.60 Å². The second kappa shape index (κ2) is 5.72. The van der Waals surface area contributed by atoms with Crippen LogP contribution >= 0.6 is 15.9 Å². The molecule has 6 nitrogen and oxygen atoms in total. The molecule has 1 amide bonds. The van der Waals surface area contributed by atoms with Gasteiger partial charge in [-0.2, -0.15) is 4.98 Å². The SMILES string of the molecule is Cc1nc(CCNC(=O)c2ccnc(Br)c2)no1. The number of aromatic nitrogens is 3. The Bertz CT molecular complexity index is 555. The van der Waals surface area contributed by atoms with E-state index < -0.39 is 0 Å². The number of rotatable bonds is 4. The molecule has 0 aliphatic carbocycles. The van der Waals surface area contributed by atoms with Crippen LogP contribution in [0.1, 0.15) is 22.1 Å². The van der Waals surface area contributed by atoms with Crippen molar-refractivity contribution in [3.05, 3.63) is 40.2 Å². The van der Waals surface area contributed by atoms with Crippen LogP contribution in [0.25, 0.3) is 0 Å². The van der Waals surface area contributed by atoms with Gasteiger partial charge in [0.05, 0.1) is 0 Å². The van der Waals surface area contributed by atoms with Crippen LogP contribution in [0.5, 0.6) is 0 Å². The summed E-state index contributed by atoms with van der Waals surface area (Å²) in [7, 11) is 0. The van der Waals surface area contributed by atoms with Crippen molar-refractivity contribution in [2.24, 2.45) is 0 Å². The highest BCUT2D eigenvalue weighted by atomic mass is 79.9. The molecule has 94 valence electrons. The Kier molecular flexibility index (Phi) is 4.03. The van der Waals surface area contributed by atoms with Crippen molar-refractivity contribution in [2.75, 3.05) is 6.54 Å². The van der Waals surface area contributed by atoms with Gasteiger partial charge in [-0.05, 0) is 28.1 Å². The fourth-order valence-electron chi connectivity index (χ4n) is 1.38. The van der Waals surface area contributed by atoms with E-state index in [4.69, 9.17) is 4.52 Å². The van der Waals surface area contributed by atoms with Gasteiger partial charge in [0, 0.05) is 31.6 Å². The van der Waals surface area contributed by atoms with Gasteiger partial charge in [-0.3, -0.25) is 4.79 Å². The van der Waals surface area contributed by atoms with E-state index >= 15 is 0 Å². The molecule has 0 unspecified atom stereocenters. The van der Waals surface area contributed by atoms with E-state index in [1.807, 2.05) is 0 Å². The van der Waals surface area contributed by atoms with Gasteiger partial charge >= 0.3 is 0 Å². The van der Waals surface area contributed by atoms with Crippen LogP contribution in [-0.4, -0.2) is 27.6 Å². The molecule has 0 saturated heterocycles. The highest BCUT2D eigenvalue weighted by Crippen LogP contribution is 2.07. The standard InChI is InChI=1S/C11H11BrN4O2/c1-7-15-10(16-18-7)3-5-14-11(17)8-2-4-13-9(12)6-8/h2,4,6H,3,5H2,1H3,(H,14,17). The molecule has 0 radical (unpaired) electrons. The van der Waals surface area contributed by atoms with Gasteiger partial charge in [-0.25, -0.2) is 4.98 Å². The summed E-state index contributed by atoms with van der Waals surface area (Å²) in [5.41, 5.74) is 0.557. The fourth-order valence-corrected chi connectivity index (χ4v) is 1.74. The molecule has 0 aliphatic rings. The first-order valence-corrected chi connectivity index (χ1v) is 6.13. The number of hydrogen-bond donors (Lipinski definition) is 1. The molecule has 0 aliphatic heterocycles. The van der Waals surface area contributed by atoms with Gasteiger partial charge in [0.2, 0.25) is 5.89 Å². The number of halogens is 1. The normalized spacial score (nSPS) is 10.3. The van der Waals surface area contributed by atoms with Crippen molar-refractivity contribution in [1.29, 1.82) is 0 Å². The van der Waals surface area contributed by atoms with Crippen molar-refractivity contribution in [2.45, 2.75) is 13.3 Å². The minimum Gasteiger partial charge on any atom is -0.352 e. The van der Waals surface area contributed by atoms with Crippen LogP contribution < -0.4 is 5.32 Å². The molecule has 7 heteroatoms. The summed E-state index contributed by atoms with van der Waals surface area (Å²) in [4.78, 5) is 19.8. The molecule has 2 aromatic rings. The Hall–Kier alpha value is -1.76. The van der Waals surface area contributed by atoms with Gasteiger partial charge < -0.3 is 9.84 Å². The summed E-state index contributed by atoms with van der Waals surface area (Å²) in [6, 6.07) is 3.31. The number of carbonyl (C=O) groups excluding carboxylic acids is 1. The second-order valence-electron chi connectivity index (χ2n) is 3.60. The van der Waals surface area contributed by atoms with Crippen molar-refractivity contribution in [1.82, 2.24) is 20.4 Å². The Balaban J connectivity index is 1.85. The Morgan fingerprint density at radius 2 is 2.39 bits per heavy atom. The summed E-state index contributed by atoms with van der Waals surface area (Å²) in [5, 5.41) is 6.52. The largest absolute Gasteiger partial charge is 0.352 e. The van der Waals surface area contributed by atoms with Crippen LogP contribution in [0.4, 0.5) is 0 Å². The molecule has 0 saturated carbocycles. The first kappa shape index (κ1) is 12.7. The third kappa shape index (κ3) is 3.36. The molecule has 0 atom stereocenters. The fraction of sp³-hybridized carbons (Fsp3) is 0.273. The van der Waals surface area contributed by atoms with Crippen molar-refractivity contribution >= 4 is 21.8 Å². The average molecular weight is 311 g/mol. The molecule has 0 fully saturated rings. The van der Waals surface area contributed by atoms with Gasteiger partial charge in [-0.1, -0.05) is 5.16 Å². The smallest absolute Gasteiger partial charge is 0.251 e. The lowest BCUT2D eigenvalue weighted by Gasteiger charge is -2.03. The van der Waals surface area contributed by atoms with Crippen molar-refractivity contribution in [3.63, 3.8) is 0 Å². The maximum Gasteiger partial charge on any atom is 0.251 e. The zero-order chi connectivity index (χ0) is 13.0. The first-order valence-electron chi connectivity index (χ1n) is 5.34. The average Bonchev–Trinajstić information content (AvgIpc) is 2.75. The number of nitrogens with one attached hydrogen (secondary N) is 1. The van der Waals surface area contributed by atoms with Crippen LogP contribution in [-0.2, 0) is 6.42 Å². The predicted molar refractivity (Wildman–Crippen MR) is 67.0 cm³/mol. The monoisotopic (exact) mass is 310 g/mol. The quantitative estimate of drug-likeness (QED) is 0.866. The summed E-state index contributed by atoms with van der Waals surface area (Å²) in [6.45, 7) is 2.18. The number of carbonyl (C=O) groups is 1. The predicted octanol–water partition coefficient (Wildman–Crippen LogP) is 1.51. The summed E-state index contributed by atoms with van der Waals surface area (Å²) in [6.07, 6.45) is 2.11.